The van der Waals surface area contributed by atoms with Crippen LogP contribution >= 0.6 is 11.6 Å². The van der Waals surface area contributed by atoms with Gasteiger partial charge in [0, 0.05) is 24.7 Å². The molecule has 3 aromatic rings. The van der Waals surface area contributed by atoms with Crippen LogP contribution in [0.15, 0.2) is 72.8 Å². The maximum atomic E-state index is 12.5. The monoisotopic (exact) mass is 420 g/mol. The van der Waals surface area contributed by atoms with E-state index in [1.54, 1.807) is 36.4 Å². The SMILES string of the molecule is O=C(Nc1ccc(N2CC[C@H](c3ccccc3)C2)c(C(=O)O)c1)c1ccccc1Cl. The summed E-state index contributed by atoms with van der Waals surface area (Å²) in [7, 11) is 0. The standard InChI is InChI=1S/C24H21ClN2O3/c25-21-9-5-4-8-19(21)23(28)26-18-10-11-22(20(14-18)24(29)30)27-13-12-17(15-27)16-6-2-1-3-7-16/h1-11,14,17H,12-13,15H2,(H,26,28)(H,29,30)/t17-/m0/s1. The van der Waals surface area contributed by atoms with Gasteiger partial charge >= 0.3 is 5.97 Å². The molecule has 1 fully saturated rings. The first-order valence-corrected chi connectivity index (χ1v) is 10.1. The van der Waals surface area contributed by atoms with Crippen molar-refractivity contribution >= 4 is 34.9 Å². The van der Waals surface area contributed by atoms with Crippen molar-refractivity contribution in [3.05, 3.63) is 94.5 Å². The predicted octanol–water partition coefficient (Wildman–Crippen LogP) is 5.28. The molecule has 5 nitrogen and oxygen atoms in total. The molecule has 3 aromatic carbocycles. The highest BCUT2D eigenvalue weighted by Crippen LogP contribution is 2.33. The molecule has 4 rings (SSSR count). The van der Waals surface area contributed by atoms with Gasteiger partial charge in [0.15, 0.2) is 0 Å². The van der Waals surface area contributed by atoms with Crippen molar-refractivity contribution in [2.75, 3.05) is 23.3 Å². The number of hydrogen-bond acceptors (Lipinski definition) is 3. The number of hydrogen-bond donors (Lipinski definition) is 2. The Kier molecular flexibility index (Phi) is 5.72. The summed E-state index contributed by atoms with van der Waals surface area (Å²) in [6, 6.07) is 22.0. The number of halogens is 1. The molecule has 30 heavy (non-hydrogen) atoms. The first-order valence-electron chi connectivity index (χ1n) is 9.76. The number of carboxylic acids is 1. The van der Waals surface area contributed by atoms with Gasteiger partial charge in [0.2, 0.25) is 0 Å². The Balaban J connectivity index is 1.55. The average Bonchev–Trinajstić information content (AvgIpc) is 3.24. The van der Waals surface area contributed by atoms with Crippen molar-refractivity contribution in [1.82, 2.24) is 0 Å². The molecule has 1 atom stereocenters. The number of carbonyl (C=O) groups is 2. The Hall–Kier alpha value is -3.31. The highest BCUT2D eigenvalue weighted by Gasteiger charge is 2.27. The molecule has 6 heteroatoms. The van der Waals surface area contributed by atoms with E-state index in [1.165, 1.54) is 11.6 Å². The van der Waals surface area contributed by atoms with Gasteiger partial charge in [-0.25, -0.2) is 4.79 Å². The molecule has 0 aliphatic carbocycles. The second kappa shape index (κ2) is 8.59. The van der Waals surface area contributed by atoms with Gasteiger partial charge in [0.25, 0.3) is 5.91 Å². The summed E-state index contributed by atoms with van der Waals surface area (Å²) >= 11 is 6.08. The van der Waals surface area contributed by atoms with Crippen LogP contribution in [0.3, 0.4) is 0 Å². The Morgan fingerprint density at radius 1 is 0.967 bits per heavy atom. The molecule has 2 N–H and O–H groups in total. The van der Waals surface area contributed by atoms with Gasteiger partial charge in [0.05, 0.1) is 21.8 Å². The molecule has 0 spiro atoms. The fourth-order valence-electron chi connectivity index (χ4n) is 3.88. The van der Waals surface area contributed by atoms with Gasteiger partial charge in [-0.1, -0.05) is 54.1 Å². The van der Waals surface area contributed by atoms with Crippen molar-refractivity contribution in [3.8, 4) is 0 Å². The van der Waals surface area contributed by atoms with Crippen LogP contribution in [0.2, 0.25) is 5.02 Å². The highest BCUT2D eigenvalue weighted by molar-refractivity contribution is 6.34. The van der Waals surface area contributed by atoms with E-state index in [4.69, 9.17) is 11.6 Å². The number of carbonyl (C=O) groups excluding carboxylic acids is 1. The summed E-state index contributed by atoms with van der Waals surface area (Å²) in [5.41, 5.74) is 2.85. The molecule has 0 aromatic heterocycles. The fraction of sp³-hybridized carbons (Fsp3) is 0.167. The van der Waals surface area contributed by atoms with Crippen LogP contribution in [-0.2, 0) is 0 Å². The third-order valence-corrected chi connectivity index (χ3v) is 5.73. The first kappa shape index (κ1) is 20.0. The van der Waals surface area contributed by atoms with Crippen LogP contribution in [0.4, 0.5) is 11.4 Å². The summed E-state index contributed by atoms with van der Waals surface area (Å²) in [6.07, 6.45) is 0.966. The van der Waals surface area contributed by atoms with Crippen LogP contribution in [-0.4, -0.2) is 30.1 Å². The van der Waals surface area contributed by atoms with Crippen LogP contribution < -0.4 is 10.2 Å². The maximum Gasteiger partial charge on any atom is 0.337 e. The lowest BCUT2D eigenvalue weighted by Crippen LogP contribution is -2.22. The molecular formula is C24H21ClN2O3. The van der Waals surface area contributed by atoms with E-state index < -0.39 is 5.97 Å². The summed E-state index contributed by atoms with van der Waals surface area (Å²) in [4.78, 5) is 26.5. The molecule has 0 radical (unpaired) electrons. The van der Waals surface area contributed by atoms with E-state index >= 15 is 0 Å². The number of anilines is 2. The fourth-order valence-corrected chi connectivity index (χ4v) is 4.10. The van der Waals surface area contributed by atoms with Gasteiger partial charge in [-0.05, 0) is 42.3 Å². The van der Waals surface area contributed by atoms with Crippen LogP contribution in [0.5, 0.6) is 0 Å². The minimum absolute atomic E-state index is 0.167. The quantitative estimate of drug-likeness (QED) is 0.588. The molecule has 0 saturated carbocycles. The third kappa shape index (κ3) is 4.16. The Bertz CT molecular complexity index is 1080. The van der Waals surface area contributed by atoms with E-state index in [0.29, 0.717) is 27.9 Å². The zero-order valence-electron chi connectivity index (χ0n) is 16.2. The van der Waals surface area contributed by atoms with Crippen LogP contribution in [0.25, 0.3) is 0 Å². The lowest BCUT2D eigenvalue weighted by atomic mass is 9.99. The number of rotatable bonds is 5. The van der Waals surface area contributed by atoms with Gasteiger partial charge in [0.1, 0.15) is 0 Å². The minimum Gasteiger partial charge on any atom is -0.478 e. The molecule has 1 heterocycles. The third-order valence-electron chi connectivity index (χ3n) is 5.40. The van der Waals surface area contributed by atoms with Crippen molar-refractivity contribution in [3.63, 3.8) is 0 Å². The number of amides is 1. The molecule has 152 valence electrons. The van der Waals surface area contributed by atoms with E-state index in [2.05, 4.69) is 22.3 Å². The predicted molar refractivity (Wildman–Crippen MR) is 119 cm³/mol. The van der Waals surface area contributed by atoms with E-state index in [0.717, 1.165) is 19.5 Å². The van der Waals surface area contributed by atoms with Gasteiger partial charge < -0.3 is 15.3 Å². The second-order valence-electron chi connectivity index (χ2n) is 7.31. The summed E-state index contributed by atoms with van der Waals surface area (Å²) in [5.74, 6) is -1.04. The summed E-state index contributed by atoms with van der Waals surface area (Å²) in [6.45, 7) is 1.54. The first-order chi connectivity index (χ1) is 14.5. The Morgan fingerprint density at radius 3 is 2.43 bits per heavy atom. The molecule has 1 aliphatic rings. The minimum atomic E-state index is -1.03. The van der Waals surface area contributed by atoms with E-state index in [-0.39, 0.29) is 11.5 Å². The number of nitrogens with one attached hydrogen (secondary N) is 1. The van der Waals surface area contributed by atoms with Crippen LogP contribution in [0, 0.1) is 0 Å². The zero-order valence-corrected chi connectivity index (χ0v) is 17.0. The molecule has 1 saturated heterocycles. The van der Waals surface area contributed by atoms with E-state index in [9.17, 15) is 14.7 Å². The van der Waals surface area contributed by atoms with Gasteiger partial charge in [-0.15, -0.1) is 0 Å². The number of aromatic carboxylic acids is 1. The molecule has 1 amide bonds. The molecular weight excluding hydrogens is 400 g/mol. The topological polar surface area (TPSA) is 69.6 Å². The van der Waals surface area contributed by atoms with Crippen molar-refractivity contribution in [1.29, 1.82) is 0 Å². The lowest BCUT2D eigenvalue weighted by Gasteiger charge is -2.21. The van der Waals surface area contributed by atoms with Crippen molar-refractivity contribution in [2.45, 2.75) is 12.3 Å². The number of nitrogens with zero attached hydrogens (tertiary/aromatic N) is 1. The largest absolute Gasteiger partial charge is 0.478 e. The Labute approximate surface area is 179 Å². The van der Waals surface area contributed by atoms with Gasteiger partial charge in [-0.3, -0.25) is 4.79 Å². The molecule has 0 unspecified atom stereocenters. The summed E-state index contributed by atoms with van der Waals surface area (Å²) in [5, 5.41) is 12.9. The van der Waals surface area contributed by atoms with E-state index in [1.807, 2.05) is 18.2 Å². The average molecular weight is 421 g/mol. The van der Waals surface area contributed by atoms with Crippen molar-refractivity contribution < 1.29 is 14.7 Å². The zero-order chi connectivity index (χ0) is 21.1. The second-order valence-corrected chi connectivity index (χ2v) is 7.72. The Morgan fingerprint density at radius 2 is 1.70 bits per heavy atom. The van der Waals surface area contributed by atoms with Gasteiger partial charge in [-0.2, -0.15) is 0 Å². The maximum absolute atomic E-state index is 12.5. The smallest absolute Gasteiger partial charge is 0.337 e. The molecule has 1 aliphatic heterocycles. The number of carboxylic acid groups (broad SMARTS) is 1. The summed E-state index contributed by atoms with van der Waals surface area (Å²) < 4.78 is 0. The highest BCUT2D eigenvalue weighted by atomic mass is 35.5. The molecule has 0 bridgehead atoms. The van der Waals surface area contributed by atoms with Crippen molar-refractivity contribution in [2.24, 2.45) is 0 Å². The lowest BCUT2D eigenvalue weighted by molar-refractivity contribution is 0.0697. The van der Waals surface area contributed by atoms with Crippen LogP contribution in [0.1, 0.15) is 38.6 Å². The number of benzene rings is 3. The normalized spacial score (nSPS) is 15.8.